The quantitative estimate of drug-likeness (QED) is 0.795. The number of hydrogen-bond donors (Lipinski definition) is 1. The number of nitrogens with zero attached hydrogens (tertiary/aromatic N) is 2. The predicted octanol–water partition coefficient (Wildman–Crippen LogP) is 3.46. The molecule has 0 aliphatic rings. The van der Waals surface area contributed by atoms with E-state index in [1.54, 1.807) is 36.4 Å². The molecular formula is C16H11ClFN3O2. The van der Waals surface area contributed by atoms with Crippen molar-refractivity contribution in [1.82, 2.24) is 15.5 Å². The number of nitrogens with one attached hydrogen (secondary N) is 1. The SMILES string of the molecule is O=C(NCc1nnc(-c2ccc(F)cc2)o1)c1ccc(Cl)cc1. The molecule has 2 aromatic carbocycles. The van der Waals surface area contributed by atoms with Gasteiger partial charge in [-0.05, 0) is 48.5 Å². The molecule has 1 amide bonds. The highest BCUT2D eigenvalue weighted by Gasteiger charge is 2.11. The summed E-state index contributed by atoms with van der Waals surface area (Å²) in [5.74, 6) is -0.0979. The molecule has 0 spiro atoms. The summed E-state index contributed by atoms with van der Waals surface area (Å²) in [6.45, 7) is 0.0929. The summed E-state index contributed by atoms with van der Waals surface area (Å²) in [6.07, 6.45) is 0. The average molecular weight is 332 g/mol. The minimum atomic E-state index is -0.344. The molecule has 5 nitrogen and oxygen atoms in total. The lowest BCUT2D eigenvalue weighted by molar-refractivity contribution is 0.0947. The van der Waals surface area contributed by atoms with Gasteiger partial charge in [0.05, 0.1) is 6.54 Å². The standard InChI is InChI=1S/C16H11ClFN3O2/c17-12-5-1-10(2-6-12)15(22)19-9-14-20-21-16(23-14)11-3-7-13(18)8-4-11/h1-8H,9H2,(H,19,22). The first-order valence-corrected chi connectivity index (χ1v) is 7.12. The lowest BCUT2D eigenvalue weighted by Crippen LogP contribution is -2.22. The minimum absolute atomic E-state index is 0.0929. The fourth-order valence-corrected chi connectivity index (χ4v) is 2.02. The van der Waals surface area contributed by atoms with E-state index in [0.717, 1.165) is 0 Å². The van der Waals surface area contributed by atoms with E-state index in [1.807, 2.05) is 0 Å². The summed E-state index contributed by atoms with van der Waals surface area (Å²) in [6, 6.07) is 12.2. The van der Waals surface area contributed by atoms with Crippen LogP contribution >= 0.6 is 11.6 Å². The van der Waals surface area contributed by atoms with Gasteiger partial charge in [0, 0.05) is 16.1 Å². The Labute approximate surface area is 136 Å². The number of aromatic nitrogens is 2. The van der Waals surface area contributed by atoms with Gasteiger partial charge in [-0.25, -0.2) is 4.39 Å². The second kappa shape index (κ2) is 6.58. The summed E-state index contributed by atoms with van der Waals surface area (Å²) in [5.41, 5.74) is 1.09. The van der Waals surface area contributed by atoms with Gasteiger partial charge in [0.1, 0.15) is 5.82 Å². The van der Waals surface area contributed by atoms with Gasteiger partial charge in [-0.3, -0.25) is 4.79 Å². The van der Waals surface area contributed by atoms with Gasteiger partial charge in [0.2, 0.25) is 11.8 Å². The number of carbonyl (C=O) groups is 1. The molecule has 23 heavy (non-hydrogen) atoms. The molecule has 3 aromatic rings. The van der Waals surface area contributed by atoms with Crippen molar-refractivity contribution in [3.63, 3.8) is 0 Å². The molecule has 1 aromatic heterocycles. The molecule has 0 bridgehead atoms. The van der Waals surface area contributed by atoms with Crippen LogP contribution in [0.2, 0.25) is 5.02 Å². The van der Waals surface area contributed by atoms with Crippen LogP contribution in [0.1, 0.15) is 16.2 Å². The van der Waals surface area contributed by atoms with Gasteiger partial charge in [0.25, 0.3) is 5.91 Å². The van der Waals surface area contributed by atoms with Crippen LogP contribution in [0.4, 0.5) is 4.39 Å². The zero-order chi connectivity index (χ0) is 16.2. The molecule has 0 aliphatic carbocycles. The molecule has 3 rings (SSSR count). The summed E-state index contributed by atoms with van der Waals surface area (Å²) in [4.78, 5) is 12.0. The summed E-state index contributed by atoms with van der Waals surface area (Å²) < 4.78 is 18.3. The Bertz CT molecular complexity index is 816. The molecular weight excluding hydrogens is 321 g/mol. The summed E-state index contributed by atoms with van der Waals surface area (Å²) in [7, 11) is 0. The lowest BCUT2D eigenvalue weighted by Gasteiger charge is -2.02. The largest absolute Gasteiger partial charge is 0.419 e. The van der Waals surface area contributed by atoms with Crippen molar-refractivity contribution < 1.29 is 13.6 Å². The third-order valence-electron chi connectivity index (χ3n) is 3.06. The van der Waals surface area contributed by atoms with Gasteiger partial charge >= 0.3 is 0 Å². The Morgan fingerprint density at radius 1 is 1.09 bits per heavy atom. The number of rotatable bonds is 4. The Morgan fingerprint density at radius 2 is 1.78 bits per heavy atom. The van der Waals surface area contributed by atoms with E-state index in [1.165, 1.54) is 12.1 Å². The maximum Gasteiger partial charge on any atom is 0.251 e. The second-order valence-electron chi connectivity index (χ2n) is 4.70. The molecule has 116 valence electrons. The van der Waals surface area contributed by atoms with Crippen molar-refractivity contribution in [3.8, 4) is 11.5 Å². The van der Waals surface area contributed by atoms with Gasteiger partial charge in [-0.2, -0.15) is 0 Å². The molecule has 0 unspecified atom stereocenters. The first-order valence-electron chi connectivity index (χ1n) is 6.74. The maximum absolute atomic E-state index is 12.9. The Balaban J connectivity index is 1.64. The van der Waals surface area contributed by atoms with E-state index in [0.29, 0.717) is 16.1 Å². The first-order chi connectivity index (χ1) is 11.1. The molecule has 0 radical (unpaired) electrons. The van der Waals surface area contributed by atoms with Crippen LogP contribution in [0.25, 0.3) is 11.5 Å². The number of benzene rings is 2. The smallest absolute Gasteiger partial charge is 0.251 e. The third kappa shape index (κ3) is 3.73. The molecule has 1 N–H and O–H groups in total. The van der Waals surface area contributed by atoms with E-state index >= 15 is 0 Å². The number of amides is 1. The molecule has 0 atom stereocenters. The minimum Gasteiger partial charge on any atom is -0.419 e. The molecule has 0 saturated heterocycles. The average Bonchev–Trinajstić information content (AvgIpc) is 3.03. The van der Waals surface area contributed by atoms with E-state index in [-0.39, 0.29) is 30.1 Å². The van der Waals surface area contributed by atoms with Crippen molar-refractivity contribution in [1.29, 1.82) is 0 Å². The van der Waals surface area contributed by atoms with Crippen LogP contribution in [-0.4, -0.2) is 16.1 Å². The van der Waals surface area contributed by atoms with Gasteiger partial charge < -0.3 is 9.73 Å². The fourth-order valence-electron chi connectivity index (χ4n) is 1.89. The summed E-state index contributed by atoms with van der Waals surface area (Å²) >= 11 is 5.77. The van der Waals surface area contributed by atoms with Crippen LogP contribution in [0.15, 0.2) is 52.9 Å². The van der Waals surface area contributed by atoms with Gasteiger partial charge in [-0.15, -0.1) is 10.2 Å². The molecule has 1 heterocycles. The number of carbonyl (C=O) groups excluding carboxylic acids is 1. The highest BCUT2D eigenvalue weighted by atomic mass is 35.5. The maximum atomic E-state index is 12.9. The van der Waals surface area contributed by atoms with Crippen LogP contribution in [0.3, 0.4) is 0 Å². The first kappa shape index (κ1) is 15.2. The molecule has 7 heteroatoms. The second-order valence-corrected chi connectivity index (χ2v) is 5.13. The summed E-state index contributed by atoms with van der Waals surface area (Å²) in [5, 5.41) is 10.9. The monoisotopic (exact) mass is 331 g/mol. The van der Waals surface area contributed by atoms with Crippen LogP contribution in [0, 0.1) is 5.82 Å². The van der Waals surface area contributed by atoms with E-state index in [9.17, 15) is 9.18 Å². The molecule has 0 saturated carbocycles. The van der Waals surface area contributed by atoms with Gasteiger partial charge in [-0.1, -0.05) is 11.6 Å². The van der Waals surface area contributed by atoms with E-state index < -0.39 is 0 Å². The van der Waals surface area contributed by atoms with Crippen molar-refractivity contribution in [2.75, 3.05) is 0 Å². The van der Waals surface area contributed by atoms with E-state index in [2.05, 4.69) is 15.5 Å². The lowest BCUT2D eigenvalue weighted by atomic mass is 10.2. The number of halogens is 2. The highest BCUT2D eigenvalue weighted by molar-refractivity contribution is 6.30. The van der Waals surface area contributed by atoms with Gasteiger partial charge in [0.15, 0.2) is 0 Å². The Morgan fingerprint density at radius 3 is 2.48 bits per heavy atom. The van der Waals surface area contributed by atoms with Crippen molar-refractivity contribution in [2.45, 2.75) is 6.54 Å². The fraction of sp³-hybridized carbons (Fsp3) is 0.0625. The molecule has 0 aliphatic heterocycles. The normalized spacial score (nSPS) is 10.5. The van der Waals surface area contributed by atoms with Crippen molar-refractivity contribution >= 4 is 17.5 Å². The zero-order valence-electron chi connectivity index (χ0n) is 11.8. The van der Waals surface area contributed by atoms with Crippen LogP contribution in [0.5, 0.6) is 0 Å². The predicted molar refractivity (Wildman–Crippen MR) is 82.3 cm³/mol. The van der Waals surface area contributed by atoms with E-state index in [4.69, 9.17) is 16.0 Å². The highest BCUT2D eigenvalue weighted by Crippen LogP contribution is 2.18. The topological polar surface area (TPSA) is 68.0 Å². The molecule has 0 fully saturated rings. The van der Waals surface area contributed by atoms with Crippen molar-refractivity contribution in [2.24, 2.45) is 0 Å². The zero-order valence-corrected chi connectivity index (χ0v) is 12.5. The van der Waals surface area contributed by atoms with Crippen LogP contribution < -0.4 is 5.32 Å². The Hall–Kier alpha value is -2.73. The third-order valence-corrected chi connectivity index (χ3v) is 3.32. The van der Waals surface area contributed by atoms with Crippen LogP contribution in [-0.2, 0) is 6.54 Å². The van der Waals surface area contributed by atoms with Crippen molar-refractivity contribution in [3.05, 3.63) is 70.8 Å². The Kier molecular flexibility index (Phi) is 4.34. The number of hydrogen-bond acceptors (Lipinski definition) is 4.